The van der Waals surface area contributed by atoms with Crippen LogP contribution in [0.15, 0.2) is 85.0 Å². The molecular weight excluding hydrogens is 528 g/mol. The molecule has 0 bridgehead atoms. The molecule has 1 unspecified atom stereocenters. The van der Waals surface area contributed by atoms with E-state index in [0.29, 0.717) is 52.2 Å². The maximum Gasteiger partial charge on any atom is 0.301 e. The van der Waals surface area contributed by atoms with Crippen molar-refractivity contribution < 1.29 is 28.9 Å². The van der Waals surface area contributed by atoms with Gasteiger partial charge in [-0.2, -0.15) is 0 Å². The van der Waals surface area contributed by atoms with Crippen LogP contribution in [0.25, 0.3) is 16.0 Å². The number of thiazole rings is 1. The summed E-state index contributed by atoms with van der Waals surface area (Å²) in [6.07, 6.45) is 1.63. The normalized spacial score (nSPS) is 16.4. The Hall–Kier alpha value is -4.63. The van der Waals surface area contributed by atoms with Crippen LogP contribution in [0, 0.1) is 0 Å². The number of aliphatic hydroxyl groups excluding tert-OH is 1. The molecule has 1 fully saturated rings. The zero-order valence-electron chi connectivity index (χ0n) is 22.1. The van der Waals surface area contributed by atoms with E-state index in [9.17, 15) is 14.7 Å². The summed E-state index contributed by atoms with van der Waals surface area (Å²) in [5.74, 6) is -0.0156. The lowest BCUT2D eigenvalue weighted by atomic mass is 9.95. The molecule has 3 aromatic carbocycles. The van der Waals surface area contributed by atoms with E-state index < -0.39 is 17.7 Å². The number of fused-ring (bicyclic) bond motifs is 1. The largest absolute Gasteiger partial charge is 0.507 e. The average Bonchev–Trinajstić information content (AvgIpc) is 3.50. The van der Waals surface area contributed by atoms with E-state index in [0.717, 1.165) is 4.70 Å². The minimum Gasteiger partial charge on any atom is -0.507 e. The van der Waals surface area contributed by atoms with Gasteiger partial charge in [0.15, 0.2) is 5.13 Å². The van der Waals surface area contributed by atoms with Gasteiger partial charge in [0.2, 0.25) is 0 Å². The van der Waals surface area contributed by atoms with Crippen LogP contribution in [0.2, 0.25) is 0 Å². The first-order valence-corrected chi connectivity index (χ1v) is 13.7. The summed E-state index contributed by atoms with van der Waals surface area (Å²) in [6, 6.07) is 18.4. The Bertz CT molecular complexity index is 1610. The van der Waals surface area contributed by atoms with Crippen molar-refractivity contribution >= 4 is 44.1 Å². The van der Waals surface area contributed by atoms with Crippen LogP contribution < -0.4 is 19.1 Å². The van der Waals surface area contributed by atoms with Gasteiger partial charge in [0.1, 0.15) is 29.6 Å². The van der Waals surface area contributed by atoms with Gasteiger partial charge >= 0.3 is 5.91 Å². The number of aromatic nitrogens is 1. The number of benzene rings is 3. The van der Waals surface area contributed by atoms with Gasteiger partial charge in [0.25, 0.3) is 5.78 Å². The minimum atomic E-state index is -0.939. The number of nitrogens with zero attached hydrogens (tertiary/aromatic N) is 2. The lowest BCUT2D eigenvalue weighted by Gasteiger charge is -2.23. The molecule has 1 aromatic heterocycles. The number of hydrogen-bond donors (Lipinski definition) is 1. The number of carbonyl (C=O) groups is 2. The van der Waals surface area contributed by atoms with Crippen molar-refractivity contribution in [2.24, 2.45) is 0 Å². The van der Waals surface area contributed by atoms with Crippen molar-refractivity contribution in [1.29, 1.82) is 0 Å². The molecule has 40 heavy (non-hydrogen) atoms. The smallest absolute Gasteiger partial charge is 0.301 e. The van der Waals surface area contributed by atoms with E-state index >= 15 is 0 Å². The summed E-state index contributed by atoms with van der Waals surface area (Å²) in [7, 11) is 0. The molecule has 0 spiro atoms. The number of ketones is 1. The molecule has 4 aromatic rings. The standard InChI is InChI=1S/C31H28N2O6S/c1-4-16-39-22-9-7-8-20(17-22)27-26(28(34)19-10-12-21(13-11-19)37-5-2)29(35)30(36)33(27)31-32-24-15-14-23(38-6-3)18-25(24)40-31/h4,7-15,17-18,27,34H,1,5-6,16H2,2-3H3/b28-26+. The summed E-state index contributed by atoms with van der Waals surface area (Å²) in [5, 5.41) is 11.8. The fraction of sp³-hybridized carbons (Fsp3) is 0.194. The van der Waals surface area contributed by atoms with Crippen molar-refractivity contribution in [3.05, 3.63) is 96.1 Å². The predicted molar refractivity (Wildman–Crippen MR) is 155 cm³/mol. The van der Waals surface area contributed by atoms with Gasteiger partial charge in [-0.25, -0.2) is 4.98 Å². The van der Waals surface area contributed by atoms with Crippen LogP contribution in [0.3, 0.4) is 0 Å². The Morgan fingerprint density at radius 2 is 1.68 bits per heavy atom. The van der Waals surface area contributed by atoms with Crippen LogP contribution >= 0.6 is 11.3 Å². The Morgan fingerprint density at radius 1 is 0.975 bits per heavy atom. The second kappa shape index (κ2) is 11.6. The molecule has 1 aliphatic rings. The van der Waals surface area contributed by atoms with Crippen molar-refractivity contribution in [2.75, 3.05) is 24.7 Å². The van der Waals surface area contributed by atoms with E-state index in [2.05, 4.69) is 11.6 Å². The molecule has 1 N–H and O–H groups in total. The molecule has 0 aliphatic carbocycles. The summed E-state index contributed by atoms with van der Waals surface area (Å²) in [5.41, 5.74) is 1.60. The zero-order chi connectivity index (χ0) is 28.2. The zero-order valence-corrected chi connectivity index (χ0v) is 22.9. The number of rotatable bonds is 10. The fourth-order valence-corrected chi connectivity index (χ4v) is 5.58. The van der Waals surface area contributed by atoms with Gasteiger partial charge < -0.3 is 19.3 Å². The number of amides is 1. The third-order valence-electron chi connectivity index (χ3n) is 6.29. The summed E-state index contributed by atoms with van der Waals surface area (Å²) >= 11 is 1.27. The minimum absolute atomic E-state index is 0.0377. The first kappa shape index (κ1) is 27.0. The van der Waals surface area contributed by atoms with E-state index in [4.69, 9.17) is 14.2 Å². The summed E-state index contributed by atoms with van der Waals surface area (Å²) in [6.45, 7) is 8.76. The van der Waals surface area contributed by atoms with E-state index in [1.165, 1.54) is 16.2 Å². The van der Waals surface area contributed by atoms with E-state index in [-0.39, 0.29) is 17.9 Å². The quantitative estimate of drug-likeness (QED) is 0.106. The predicted octanol–water partition coefficient (Wildman–Crippen LogP) is 6.28. The second-order valence-electron chi connectivity index (χ2n) is 8.86. The average molecular weight is 557 g/mol. The number of hydrogen-bond acceptors (Lipinski definition) is 8. The fourth-order valence-electron chi connectivity index (χ4n) is 4.56. The van der Waals surface area contributed by atoms with Gasteiger partial charge in [-0.05, 0) is 74.0 Å². The Balaban J connectivity index is 1.66. The molecule has 5 rings (SSSR count). The topological polar surface area (TPSA) is 98.2 Å². The Kier molecular flexibility index (Phi) is 7.84. The van der Waals surface area contributed by atoms with Crippen LogP contribution in [-0.4, -0.2) is 41.6 Å². The SMILES string of the molecule is C=CCOc1cccc(C2/C(=C(\O)c3ccc(OCC)cc3)C(=O)C(=O)N2c2nc3ccc(OCC)cc3s2)c1. The molecule has 1 aliphatic heterocycles. The van der Waals surface area contributed by atoms with E-state index in [1.54, 1.807) is 54.6 Å². The number of aliphatic hydroxyl groups is 1. The lowest BCUT2D eigenvalue weighted by Crippen LogP contribution is -2.29. The molecule has 0 saturated carbocycles. The molecule has 0 radical (unpaired) electrons. The highest BCUT2D eigenvalue weighted by atomic mass is 32.1. The van der Waals surface area contributed by atoms with E-state index in [1.807, 2.05) is 32.0 Å². The Morgan fingerprint density at radius 3 is 2.40 bits per heavy atom. The number of carbonyl (C=O) groups excluding carboxylic acids is 2. The van der Waals surface area contributed by atoms with Crippen molar-refractivity contribution in [1.82, 2.24) is 4.98 Å². The maximum absolute atomic E-state index is 13.6. The summed E-state index contributed by atoms with van der Waals surface area (Å²) < 4.78 is 17.6. The molecular formula is C31H28N2O6S. The highest BCUT2D eigenvalue weighted by Crippen LogP contribution is 2.45. The van der Waals surface area contributed by atoms with Crippen molar-refractivity contribution in [3.8, 4) is 17.2 Å². The third kappa shape index (κ3) is 5.15. The van der Waals surface area contributed by atoms with Crippen LogP contribution in [-0.2, 0) is 9.59 Å². The lowest BCUT2D eigenvalue weighted by molar-refractivity contribution is -0.132. The van der Waals surface area contributed by atoms with Crippen molar-refractivity contribution in [3.63, 3.8) is 0 Å². The van der Waals surface area contributed by atoms with Gasteiger partial charge in [-0.3, -0.25) is 14.5 Å². The highest BCUT2D eigenvalue weighted by Gasteiger charge is 2.48. The van der Waals surface area contributed by atoms with Gasteiger partial charge in [-0.15, -0.1) is 0 Å². The first-order valence-electron chi connectivity index (χ1n) is 12.9. The Labute approximate surface area is 235 Å². The summed E-state index contributed by atoms with van der Waals surface area (Å²) in [4.78, 5) is 33.2. The van der Waals surface area contributed by atoms with Crippen LogP contribution in [0.1, 0.15) is 31.0 Å². The molecule has 204 valence electrons. The number of ether oxygens (including phenoxy) is 3. The molecule has 1 atom stereocenters. The van der Waals surface area contributed by atoms with Gasteiger partial charge in [0, 0.05) is 5.56 Å². The highest BCUT2D eigenvalue weighted by molar-refractivity contribution is 7.22. The van der Waals surface area contributed by atoms with Crippen LogP contribution in [0.4, 0.5) is 5.13 Å². The van der Waals surface area contributed by atoms with Gasteiger partial charge in [0.05, 0.1) is 35.0 Å². The van der Waals surface area contributed by atoms with Crippen molar-refractivity contribution in [2.45, 2.75) is 19.9 Å². The molecule has 1 saturated heterocycles. The maximum atomic E-state index is 13.6. The third-order valence-corrected chi connectivity index (χ3v) is 7.31. The molecule has 2 heterocycles. The first-order chi connectivity index (χ1) is 19.4. The number of Topliss-reactive ketones (excluding diaryl/α,β-unsaturated/α-hetero) is 1. The molecule has 8 nitrogen and oxygen atoms in total. The second-order valence-corrected chi connectivity index (χ2v) is 9.87. The number of anilines is 1. The molecule has 1 amide bonds. The monoisotopic (exact) mass is 556 g/mol. The van der Waals surface area contributed by atoms with Crippen LogP contribution in [0.5, 0.6) is 17.2 Å². The van der Waals surface area contributed by atoms with Gasteiger partial charge in [-0.1, -0.05) is 36.1 Å². The molecule has 9 heteroatoms.